The maximum absolute atomic E-state index is 11.5. The van der Waals surface area contributed by atoms with Crippen LogP contribution in [0, 0.1) is 0 Å². The van der Waals surface area contributed by atoms with Gasteiger partial charge in [-0.25, -0.2) is 4.79 Å². The molecule has 1 saturated carbocycles. The summed E-state index contributed by atoms with van der Waals surface area (Å²) in [6.45, 7) is 6.12. The van der Waals surface area contributed by atoms with E-state index in [4.69, 9.17) is 4.42 Å². The lowest BCUT2D eigenvalue weighted by Crippen LogP contribution is -2.06. The maximum Gasteiger partial charge on any atom is 0.335 e. The fourth-order valence-electron chi connectivity index (χ4n) is 4.33. The Morgan fingerprint density at radius 2 is 2.00 bits per heavy atom. The molecule has 4 rings (SSSR count). The summed E-state index contributed by atoms with van der Waals surface area (Å²) in [4.78, 5) is 11.5. The lowest BCUT2D eigenvalue weighted by atomic mass is 9.82. The van der Waals surface area contributed by atoms with Crippen molar-refractivity contribution >= 4 is 22.6 Å². The quantitative estimate of drug-likeness (QED) is 0.615. The first-order valence-corrected chi connectivity index (χ1v) is 9.18. The summed E-state index contributed by atoms with van der Waals surface area (Å²) >= 11 is 0. The number of aromatic carboxylic acids is 1. The number of furan rings is 1. The minimum atomic E-state index is -0.912. The lowest BCUT2D eigenvalue weighted by Gasteiger charge is -2.23. The molecular weight excluding hydrogens is 326 g/mol. The van der Waals surface area contributed by atoms with E-state index in [0.29, 0.717) is 11.5 Å². The average Bonchev–Trinajstić information content (AvgIpc) is 3.27. The van der Waals surface area contributed by atoms with Crippen LogP contribution in [0.2, 0.25) is 0 Å². The third-order valence-corrected chi connectivity index (χ3v) is 5.44. The van der Waals surface area contributed by atoms with Gasteiger partial charge >= 0.3 is 5.97 Å². The average molecular weight is 349 g/mol. The summed E-state index contributed by atoms with van der Waals surface area (Å²) in [5.41, 5.74) is 5.50. The van der Waals surface area contributed by atoms with Crippen LogP contribution in [0.1, 0.15) is 60.9 Å². The zero-order valence-electron chi connectivity index (χ0n) is 15.0. The van der Waals surface area contributed by atoms with Crippen molar-refractivity contribution in [3.05, 3.63) is 54.5 Å². The number of hydrogen-bond acceptors (Lipinski definition) is 2. The van der Waals surface area contributed by atoms with Crippen LogP contribution >= 0.6 is 0 Å². The molecule has 2 aromatic heterocycles. The second-order valence-electron chi connectivity index (χ2n) is 7.22. The van der Waals surface area contributed by atoms with Gasteiger partial charge in [0, 0.05) is 16.6 Å². The normalized spacial score (nSPS) is 15.4. The number of fused-ring (bicyclic) bond motifs is 1. The molecule has 0 radical (unpaired) electrons. The summed E-state index contributed by atoms with van der Waals surface area (Å²) in [6.07, 6.45) is 9.55. The Balaban J connectivity index is 2.07. The highest BCUT2D eigenvalue weighted by atomic mass is 16.4. The third kappa shape index (κ3) is 2.66. The molecule has 1 fully saturated rings. The van der Waals surface area contributed by atoms with Gasteiger partial charge in [-0.15, -0.1) is 0 Å². The van der Waals surface area contributed by atoms with E-state index in [1.54, 1.807) is 24.7 Å². The number of rotatable bonds is 4. The summed E-state index contributed by atoms with van der Waals surface area (Å²) in [6, 6.07) is 7.41. The first-order chi connectivity index (χ1) is 12.6. The number of carboxylic acid groups (broad SMARTS) is 1. The van der Waals surface area contributed by atoms with Crippen molar-refractivity contribution in [2.24, 2.45) is 0 Å². The van der Waals surface area contributed by atoms with E-state index in [0.717, 1.165) is 27.9 Å². The van der Waals surface area contributed by atoms with E-state index in [2.05, 4.69) is 11.1 Å². The summed E-state index contributed by atoms with van der Waals surface area (Å²) in [5, 5.41) is 10.6. The van der Waals surface area contributed by atoms with Crippen LogP contribution in [0.3, 0.4) is 0 Å². The van der Waals surface area contributed by atoms with Gasteiger partial charge in [0.15, 0.2) is 0 Å². The van der Waals surface area contributed by atoms with Gasteiger partial charge in [-0.2, -0.15) is 0 Å². The Labute approximate surface area is 152 Å². The molecule has 0 spiro atoms. The molecule has 1 aromatic carbocycles. The van der Waals surface area contributed by atoms with E-state index in [9.17, 15) is 9.90 Å². The summed E-state index contributed by atoms with van der Waals surface area (Å²) < 4.78 is 7.46. The predicted octanol–water partition coefficient (Wildman–Crippen LogP) is 6.14. The zero-order valence-corrected chi connectivity index (χ0v) is 15.0. The van der Waals surface area contributed by atoms with Crippen molar-refractivity contribution in [2.45, 2.75) is 44.9 Å². The van der Waals surface area contributed by atoms with Gasteiger partial charge < -0.3 is 14.1 Å². The molecule has 0 amide bonds. The largest absolute Gasteiger partial charge is 0.478 e. The van der Waals surface area contributed by atoms with Gasteiger partial charge in [0.05, 0.1) is 29.3 Å². The van der Waals surface area contributed by atoms with E-state index >= 15 is 0 Å². The lowest BCUT2D eigenvalue weighted by molar-refractivity contribution is 0.0697. The molecule has 2 heterocycles. The third-order valence-electron chi connectivity index (χ3n) is 5.44. The van der Waals surface area contributed by atoms with Crippen molar-refractivity contribution in [1.82, 2.24) is 4.57 Å². The summed E-state index contributed by atoms with van der Waals surface area (Å²) in [5.74, 6) is -0.433. The summed E-state index contributed by atoms with van der Waals surface area (Å²) in [7, 11) is 0. The minimum absolute atomic E-state index is 0.298. The van der Waals surface area contributed by atoms with Crippen LogP contribution in [0.5, 0.6) is 0 Å². The second kappa shape index (κ2) is 6.52. The molecule has 1 aliphatic carbocycles. The molecule has 1 aliphatic rings. The molecule has 0 saturated heterocycles. The number of aromatic nitrogens is 1. The van der Waals surface area contributed by atoms with E-state index in [1.165, 1.54) is 37.7 Å². The smallest absolute Gasteiger partial charge is 0.335 e. The van der Waals surface area contributed by atoms with Crippen molar-refractivity contribution in [3.8, 4) is 11.3 Å². The number of hydrogen-bond donors (Lipinski definition) is 1. The Hall–Kier alpha value is -2.75. The number of allylic oxidation sites excluding steroid dienone is 1. The molecule has 0 aliphatic heterocycles. The van der Waals surface area contributed by atoms with Crippen molar-refractivity contribution < 1.29 is 14.3 Å². The highest BCUT2D eigenvalue weighted by molar-refractivity contribution is 5.99. The molecule has 26 heavy (non-hydrogen) atoms. The number of carboxylic acids is 1. The zero-order chi connectivity index (χ0) is 18.3. The van der Waals surface area contributed by atoms with Gasteiger partial charge in [0.2, 0.25) is 0 Å². The standard InChI is InChI=1S/C22H23NO3/c1-14(2)23-19-12-16(22(24)25)8-9-18(19)20(15-6-4-3-5-7-15)21(23)17-10-11-26-13-17/h8-13,15H,1,3-7H2,2H3,(H,24,25). The van der Waals surface area contributed by atoms with Gasteiger partial charge in [-0.05, 0) is 49.4 Å². The number of nitrogens with zero attached hydrogens (tertiary/aromatic N) is 1. The van der Waals surface area contributed by atoms with Crippen LogP contribution in [0.15, 0.2) is 47.8 Å². The number of benzene rings is 1. The van der Waals surface area contributed by atoms with Gasteiger partial charge in [0.1, 0.15) is 0 Å². The highest BCUT2D eigenvalue weighted by Crippen LogP contribution is 2.45. The minimum Gasteiger partial charge on any atom is -0.478 e. The fraction of sp³-hybridized carbons (Fsp3) is 0.318. The molecule has 3 aromatic rings. The van der Waals surface area contributed by atoms with E-state index in [-0.39, 0.29) is 0 Å². The number of carbonyl (C=O) groups is 1. The van der Waals surface area contributed by atoms with Gasteiger partial charge in [-0.3, -0.25) is 0 Å². The Bertz CT molecular complexity index is 973. The first-order valence-electron chi connectivity index (χ1n) is 9.18. The van der Waals surface area contributed by atoms with Crippen LogP contribution in [-0.2, 0) is 0 Å². The SMILES string of the molecule is C=C(C)n1c(-c2ccoc2)c(C2CCCCC2)c2ccc(C(=O)O)cc21. The van der Waals surface area contributed by atoms with Crippen molar-refractivity contribution in [2.75, 3.05) is 0 Å². The van der Waals surface area contributed by atoms with Crippen molar-refractivity contribution in [1.29, 1.82) is 0 Å². The molecular formula is C22H23NO3. The Morgan fingerprint density at radius 3 is 2.62 bits per heavy atom. The topological polar surface area (TPSA) is 55.4 Å². The highest BCUT2D eigenvalue weighted by Gasteiger charge is 2.27. The van der Waals surface area contributed by atoms with Crippen molar-refractivity contribution in [3.63, 3.8) is 0 Å². The maximum atomic E-state index is 11.5. The van der Waals surface area contributed by atoms with Crippen LogP contribution < -0.4 is 0 Å². The molecule has 0 unspecified atom stereocenters. The first kappa shape index (κ1) is 16.7. The Morgan fingerprint density at radius 1 is 1.23 bits per heavy atom. The van der Waals surface area contributed by atoms with E-state index in [1.807, 2.05) is 19.1 Å². The van der Waals surface area contributed by atoms with Crippen LogP contribution in [0.25, 0.3) is 27.9 Å². The Kier molecular flexibility index (Phi) is 4.19. The fourth-order valence-corrected chi connectivity index (χ4v) is 4.33. The van der Waals surface area contributed by atoms with E-state index < -0.39 is 5.97 Å². The molecule has 4 nitrogen and oxygen atoms in total. The van der Waals surface area contributed by atoms with Crippen LogP contribution in [-0.4, -0.2) is 15.6 Å². The molecule has 134 valence electrons. The molecule has 1 N–H and O–H groups in total. The van der Waals surface area contributed by atoms with Gasteiger partial charge in [0.25, 0.3) is 0 Å². The molecule has 4 heteroatoms. The second-order valence-corrected chi connectivity index (χ2v) is 7.22. The molecule has 0 atom stereocenters. The monoisotopic (exact) mass is 349 g/mol. The predicted molar refractivity (Wildman–Crippen MR) is 103 cm³/mol. The van der Waals surface area contributed by atoms with Crippen LogP contribution in [0.4, 0.5) is 0 Å². The molecule has 0 bridgehead atoms. The van der Waals surface area contributed by atoms with Gasteiger partial charge in [-0.1, -0.05) is 31.9 Å².